The molecule has 11 aromatic rings. The first-order valence-corrected chi connectivity index (χ1v) is 24.3. The number of aryl methyl sites for hydroxylation is 1. The number of fused-ring (bicyclic) bond motifs is 7. The second-order valence-electron chi connectivity index (χ2n) is 19.2. The molecule has 0 unspecified atom stereocenters. The van der Waals surface area contributed by atoms with Gasteiger partial charge in [0.1, 0.15) is 0 Å². The summed E-state index contributed by atoms with van der Waals surface area (Å²) in [5.74, 6) is 0. The number of aromatic nitrogens is 1. The first-order valence-electron chi connectivity index (χ1n) is 24.3. The lowest BCUT2D eigenvalue weighted by molar-refractivity contribution is 0.660. The van der Waals surface area contributed by atoms with Crippen molar-refractivity contribution in [1.82, 2.24) is 4.57 Å². The Bertz CT molecular complexity index is 3800. The van der Waals surface area contributed by atoms with Crippen molar-refractivity contribution in [3.05, 3.63) is 259 Å². The fourth-order valence-corrected chi connectivity index (χ4v) is 11.6. The first-order chi connectivity index (χ1) is 34.0. The fraction of sp³-hybridized carbons (Fsp3) is 0.0746. The van der Waals surface area contributed by atoms with E-state index in [0.29, 0.717) is 0 Å². The lowest BCUT2D eigenvalue weighted by Crippen LogP contribution is -2.14. The normalized spacial score (nSPS) is 13.3. The Kier molecular flexibility index (Phi) is 9.69. The molecule has 0 amide bonds. The predicted octanol–water partition coefficient (Wildman–Crippen LogP) is 18.2. The van der Waals surface area contributed by atoms with Crippen LogP contribution in [-0.2, 0) is 11.8 Å². The lowest BCUT2D eigenvalue weighted by atomic mass is 9.82. The van der Waals surface area contributed by atoms with Gasteiger partial charge in [0, 0.05) is 39.1 Å². The predicted molar refractivity (Wildman–Crippen MR) is 292 cm³/mol. The number of anilines is 3. The molecule has 0 saturated heterocycles. The minimum atomic E-state index is -0.0431. The Balaban J connectivity index is 0.958. The summed E-state index contributed by atoms with van der Waals surface area (Å²) in [6.07, 6.45) is 6.77. The number of rotatable bonds is 8. The maximum Gasteiger partial charge on any atom is 0.0540 e. The third kappa shape index (κ3) is 6.78. The van der Waals surface area contributed by atoms with E-state index in [1.54, 1.807) is 0 Å². The number of hydrogen-bond donors (Lipinski definition) is 0. The third-order valence-electron chi connectivity index (χ3n) is 14.9. The first kappa shape index (κ1) is 40.8. The number of nitrogens with zero attached hydrogens (tertiary/aromatic N) is 2. The van der Waals surface area contributed by atoms with Gasteiger partial charge in [0.15, 0.2) is 0 Å². The number of benzene rings is 10. The Labute approximate surface area is 404 Å². The van der Waals surface area contributed by atoms with E-state index in [0.717, 1.165) is 35.5 Å². The minimum absolute atomic E-state index is 0.0431. The maximum absolute atomic E-state index is 2.48. The van der Waals surface area contributed by atoms with E-state index in [1.807, 2.05) is 0 Å². The lowest BCUT2D eigenvalue weighted by Gasteiger charge is -2.27. The van der Waals surface area contributed by atoms with Gasteiger partial charge in [-0.2, -0.15) is 0 Å². The molecule has 1 heterocycles. The van der Waals surface area contributed by atoms with Crippen LogP contribution in [0.1, 0.15) is 42.7 Å². The summed E-state index contributed by atoms with van der Waals surface area (Å²) >= 11 is 0. The zero-order valence-corrected chi connectivity index (χ0v) is 38.9. The molecule has 0 spiro atoms. The van der Waals surface area contributed by atoms with Gasteiger partial charge in [-0.15, -0.1) is 0 Å². The highest BCUT2D eigenvalue weighted by molar-refractivity contribution is 6.06. The molecule has 0 bridgehead atoms. The molecule has 2 aliphatic carbocycles. The molecular formula is C67H50N2. The summed E-state index contributed by atoms with van der Waals surface area (Å²) < 4.78 is 2.48. The van der Waals surface area contributed by atoms with Gasteiger partial charge in [-0.3, -0.25) is 0 Å². The summed E-state index contributed by atoms with van der Waals surface area (Å²) in [6, 6.07) is 85.3. The average molecular weight is 883 g/mol. The van der Waals surface area contributed by atoms with Gasteiger partial charge < -0.3 is 9.47 Å². The van der Waals surface area contributed by atoms with Crippen LogP contribution < -0.4 is 4.90 Å². The topological polar surface area (TPSA) is 8.17 Å². The Morgan fingerprint density at radius 3 is 1.80 bits per heavy atom. The summed E-state index contributed by atoms with van der Waals surface area (Å²) in [5, 5.41) is 3.84. The van der Waals surface area contributed by atoms with Crippen LogP contribution in [0.25, 0.3) is 89.1 Å². The zero-order valence-electron chi connectivity index (χ0n) is 38.9. The van der Waals surface area contributed by atoms with Gasteiger partial charge >= 0.3 is 0 Å². The van der Waals surface area contributed by atoms with E-state index in [1.165, 1.54) is 99.8 Å². The van der Waals surface area contributed by atoms with E-state index in [2.05, 4.69) is 266 Å². The molecule has 0 atom stereocenters. The minimum Gasteiger partial charge on any atom is -0.310 e. The largest absolute Gasteiger partial charge is 0.310 e. The zero-order chi connectivity index (χ0) is 46.1. The quantitative estimate of drug-likeness (QED) is 0.148. The molecule has 69 heavy (non-hydrogen) atoms. The van der Waals surface area contributed by atoms with Crippen LogP contribution in [0.2, 0.25) is 0 Å². The molecule has 328 valence electrons. The van der Waals surface area contributed by atoms with Crippen molar-refractivity contribution in [3.8, 4) is 61.3 Å². The molecule has 0 aliphatic heterocycles. The smallest absolute Gasteiger partial charge is 0.0540 e. The molecule has 2 aliphatic rings. The van der Waals surface area contributed by atoms with Crippen LogP contribution in [0, 0.1) is 0 Å². The van der Waals surface area contributed by atoms with Crippen molar-refractivity contribution >= 4 is 44.8 Å². The van der Waals surface area contributed by atoms with Crippen molar-refractivity contribution in [3.63, 3.8) is 0 Å². The van der Waals surface area contributed by atoms with Crippen molar-refractivity contribution < 1.29 is 0 Å². The van der Waals surface area contributed by atoms with Gasteiger partial charge in [0.25, 0.3) is 0 Å². The third-order valence-corrected chi connectivity index (χ3v) is 14.9. The Hall–Kier alpha value is -8.46. The molecule has 13 rings (SSSR count). The van der Waals surface area contributed by atoms with Crippen LogP contribution in [0.3, 0.4) is 0 Å². The highest BCUT2D eigenvalue weighted by Gasteiger charge is 2.35. The number of allylic oxidation sites excluding steroid dienone is 1. The van der Waals surface area contributed by atoms with Crippen LogP contribution in [0.15, 0.2) is 237 Å². The second-order valence-corrected chi connectivity index (χ2v) is 19.2. The maximum atomic E-state index is 2.48. The van der Waals surface area contributed by atoms with Crippen molar-refractivity contribution in [1.29, 1.82) is 0 Å². The van der Waals surface area contributed by atoms with Crippen LogP contribution >= 0.6 is 0 Å². The van der Waals surface area contributed by atoms with Crippen LogP contribution in [0.4, 0.5) is 17.1 Å². The van der Waals surface area contributed by atoms with Crippen molar-refractivity contribution in [2.24, 2.45) is 0 Å². The monoisotopic (exact) mass is 882 g/mol. The second kappa shape index (κ2) is 16.4. The molecule has 0 saturated carbocycles. The van der Waals surface area contributed by atoms with E-state index in [4.69, 9.17) is 0 Å². The SMILES string of the molecule is CC1(C)c2ccccc2-c2cc(-c3cccc(N(c4ccc(-c5cccc6cccc(-c7ccccc7)c56)cc4)c4cccc(-c5ccccc5-n5c6c(c7ccccc75)CCC=C6)c4)c3)ccc21. The van der Waals surface area contributed by atoms with Gasteiger partial charge in [-0.05, 0) is 151 Å². The summed E-state index contributed by atoms with van der Waals surface area (Å²) in [7, 11) is 0. The Morgan fingerprint density at radius 1 is 0.420 bits per heavy atom. The Morgan fingerprint density at radius 2 is 1.00 bits per heavy atom. The van der Waals surface area contributed by atoms with Crippen molar-refractivity contribution in [2.45, 2.75) is 32.1 Å². The van der Waals surface area contributed by atoms with Crippen LogP contribution in [0.5, 0.6) is 0 Å². The van der Waals surface area contributed by atoms with E-state index >= 15 is 0 Å². The summed E-state index contributed by atoms with van der Waals surface area (Å²) in [6.45, 7) is 4.70. The molecule has 2 nitrogen and oxygen atoms in total. The van der Waals surface area contributed by atoms with Crippen LogP contribution in [-0.4, -0.2) is 4.57 Å². The van der Waals surface area contributed by atoms with Gasteiger partial charge in [-0.25, -0.2) is 0 Å². The summed E-state index contributed by atoms with van der Waals surface area (Å²) in [4.78, 5) is 2.43. The van der Waals surface area contributed by atoms with E-state index in [-0.39, 0.29) is 5.41 Å². The van der Waals surface area contributed by atoms with Gasteiger partial charge in [0.05, 0.1) is 11.2 Å². The summed E-state index contributed by atoms with van der Waals surface area (Å²) in [5.41, 5.74) is 23.4. The molecule has 0 N–H and O–H groups in total. The highest BCUT2D eigenvalue weighted by Crippen LogP contribution is 2.50. The van der Waals surface area contributed by atoms with Gasteiger partial charge in [0.2, 0.25) is 0 Å². The highest BCUT2D eigenvalue weighted by atomic mass is 15.1. The average Bonchev–Trinajstić information content (AvgIpc) is 3.87. The standard InChI is InChI=1S/C67H50N2/c1-67(2)61-32-10-6-27-57(61)60-44-49(38-41-62(60)67)48-22-14-24-52(42-48)68(51-39-36-46(37-40-51)56-31-17-21-47-20-16-30-55(66(47)56)45-18-4-3-5-19-45)53-25-15-23-50(43-53)54-26-7-11-33-63(54)69-64-34-12-8-28-58(64)59-29-9-13-35-65(59)69/h3-8,10-28,30-44H,9,29H2,1-2H3. The molecule has 1 aromatic heterocycles. The van der Waals surface area contributed by atoms with Gasteiger partial charge in [-0.1, -0.05) is 196 Å². The van der Waals surface area contributed by atoms with Crippen molar-refractivity contribution in [2.75, 3.05) is 4.90 Å². The molecule has 0 radical (unpaired) electrons. The molecular weight excluding hydrogens is 833 g/mol. The number of para-hydroxylation sites is 2. The van der Waals surface area contributed by atoms with E-state index < -0.39 is 0 Å². The molecule has 2 heteroatoms. The molecule has 0 fully saturated rings. The molecule has 10 aromatic carbocycles. The number of hydrogen-bond acceptors (Lipinski definition) is 1. The van der Waals surface area contributed by atoms with E-state index in [9.17, 15) is 0 Å². The fourth-order valence-electron chi connectivity index (χ4n) is 11.6.